The summed E-state index contributed by atoms with van der Waals surface area (Å²) >= 11 is 1.49. The molecule has 0 fully saturated rings. The normalized spacial score (nSPS) is 14.3. The van der Waals surface area contributed by atoms with Crippen LogP contribution in [0.15, 0.2) is 35.4 Å². The SMILES string of the molecule is CC(O)C(C)Sc1ccc([N+](=O)[O-])c2ncccc12. The van der Waals surface area contributed by atoms with Crippen LogP contribution < -0.4 is 0 Å². The Labute approximate surface area is 114 Å². The minimum absolute atomic E-state index is 0.00431. The number of hydrogen-bond acceptors (Lipinski definition) is 5. The van der Waals surface area contributed by atoms with Gasteiger partial charge in [-0.15, -0.1) is 11.8 Å². The minimum atomic E-state index is -0.452. The first-order valence-corrected chi connectivity index (χ1v) is 6.75. The molecule has 2 rings (SSSR count). The monoisotopic (exact) mass is 278 g/mol. The topological polar surface area (TPSA) is 76.3 Å². The van der Waals surface area contributed by atoms with Crippen molar-refractivity contribution in [2.75, 3.05) is 0 Å². The number of rotatable bonds is 4. The van der Waals surface area contributed by atoms with E-state index in [9.17, 15) is 15.2 Å². The van der Waals surface area contributed by atoms with E-state index in [-0.39, 0.29) is 10.9 Å². The Morgan fingerprint density at radius 2 is 2.11 bits per heavy atom. The summed E-state index contributed by atoms with van der Waals surface area (Å²) in [5.74, 6) is 0. The number of nitro benzene ring substituents is 1. The van der Waals surface area contributed by atoms with Crippen LogP contribution in [-0.4, -0.2) is 26.4 Å². The van der Waals surface area contributed by atoms with E-state index in [1.807, 2.05) is 13.0 Å². The first-order valence-electron chi connectivity index (χ1n) is 5.87. The van der Waals surface area contributed by atoms with Crippen LogP contribution in [0.1, 0.15) is 13.8 Å². The van der Waals surface area contributed by atoms with Gasteiger partial charge in [-0.05, 0) is 25.1 Å². The fourth-order valence-corrected chi connectivity index (χ4v) is 2.72. The fraction of sp³-hybridized carbons (Fsp3) is 0.308. The van der Waals surface area contributed by atoms with Crippen LogP contribution in [0, 0.1) is 10.1 Å². The fourth-order valence-electron chi connectivity index (χ4n) is 1.68. The molecule has 1 aromatic heterocycles. The predicted molar refractivity (Wildman–Crippen MR) is 75.4 cm³/mol. The number of fused-ring (bicyclic) bond motifs is 1. The smallest absolute Gasteiger partial charge is 0.295 e. The molecule has 2 unspecified atom stereocenters. The summed E-state index contributed by atoms with van der Waals surface area (Å²) in [6.45, 7) is 3.64. The lowest BCUT2D eigenvalue weighted by atomic mass is 10.2. The van der Waals surface area contributed by atoms with Crippen LogP contribution in [0.4, 0.5) is 5.69 Å². The van der Waals surface area contributed by atoms with E-state index in [0.29, 0.717) is 5.52 Å². The van der Waals surface area contributed by atoms with Crippen molar-refractivity contribution in [3.05, 3.63) is 40.6 Å². The number of nitro groups is 1. The zero-order valence-electron chi connectivity index (χ0n) is 10.6. The van der Waals surface area contributed by atoms with E-state index in [0.717, 1.165) is 10.3 Å². The second-order valence-electron chi connectivity index (χ2n) is 4.30. The van der Waals surface area contributed by atoms with E-state index in [4.69, 9.17) is 0 Å². The zero-order valence-corrected chi connectivity index (χ0v) is 11.4. The zero-order chi connectivity index (χ0) is 14.0. The predicted octanol–water partition coefficient (Wildman–Crippen LogP) is 3.00. The van der Waals surface area contributed by atoms with Crippen molar-refractivity contribution in [2.45, 2.75) is 30.1 Å². The first kappa shape index (κ1) is 13.8. The Hall–Kier alpha value is -1.66. The van der Waals surface area contributed by atoms with Gasteiger partial charge in [0.25, 0.3) is 5.69 Å². The summed E-state index contributed by atoms with van der Waals surface area (Å²) in [4.78, 5) is 15.5. The minimum Gasteiger partial charge on any atom is -0.392 e. The first-order chi connectivity index (χ1) is 9.00. The molecule has 2 atom stereocenters. The van der Waals surface area contributed by atoms with Gasteiger partial charge in [-0.1, -0.05) is 6.92 Å². The van der Waals surface area contributed by atoms with E-state index < -0.39 is 11.0 Å². The van der Waals surface area contributed by atoms with Crippen molar-refractivity contribution in [1.82, 2.24) is 4.98 Å². The van der Waals surface area contributed by atoms with Crippen molar-refractivity contribution in [2.24, 2.45) is 0 Å². The maximum absolute atomic E-state index is 11.0. The molecule has 6 heteroatoms. The summed E-state index contributed by atoms with van der Waals surface area (Å²) in [5, 5.41) is 21.3. The lowest BCUT2D eigenvalue weighted by Gasteiger charge is -2.15. The van der Waals surface area contributed by atoms with Gasteiger partial charge in [0.1, 0.15) is 5.52 Å². The number of benzene rings is 1. The number of pyridine rings is 1. The third-order valence-corrected chi connectivity index (χ3v) is 4.27. The molecule has 1 aromatic carbocycles. The molecule has 19 heavy (non-hydrogen) atoms. The highest BCUT2D eigenvalue weighted by atomic mass is 32.2. The molecule has 1 N–H and O–H groups in total. The van der Waals surface area contributed by atoms with Crippen LogP contribution >= 0.6 is 11.8 Å². The number of aromatic nitrogens is 1. The van der Waals surface area contributed by atoms with E-state index in [1.54, 1.807) is 25.3 Å². The molecule has 0 spiro atoms. The highest BCUT2D eigenvalue weighted by Crippen LogP contribution is 2.35. The molecular formula is C13H14N2O3S. The van der Waals surface area contributed by atoms with Crippen molar-refractivity contribution >= 4 is 28.4 Å². The standard InChI is InChI=1S/C13H14N2O3S/c1-8(16)9(2)19-12-6-5-11(15(17)18)13-10(12)4-3-7-14-13/h3-9,16H,1-2H3. The molecular weight excluding hydrogens is 264 g/mol. The van der Waals surface area contributed by atoms with Gasteiger partial charge in [0.05, 0.1) is 11.0 Å². The van der Waals surface area contributed by atoms with Crippen LogP contribution in [0.3, 0.4) is 0 Å². The Balaban J connectivity index is 2.53. The molecule has 0 aliphatic rings. The second-order valence-corrected chi connectivity index (χ2v) is 5.72. The van der Waals surface area contributed by atoms with E-state index >= 15 is 0 Å². The number of aliphatic hydroxyl groups excluding tert-OH is 1. The molecule has 0 aliphatic heterocycles. The quantitative estimate of drug-likeness (QED) is 0.528. The molecule has 0 bridgehead atoms. The largest absolute Gasteiger partial charge is 0.392 e. The average molecular weight is 278 g/mol. The lowest BCUT2D eigenvalue weighted by Crippen LogP contribution is -2.14. The van der Waals surface area contributed by atoms with Gasteiger partial charge < -0.3 is 5.11 Å². The van der Waals surface area contributed by atoms with Crippen molar-refractivity contribution in [3.63, 3.8) is 0 Å². The number of nitrogens with zero attached hydrogens (tertiary/aromatic N) is 2. The molecule has 0 saturated carbocycles. The molecule has 0 saturated heterocycles. The maximum Gasteiger partial charge on any atom is 0.295 e. The van der Waals surface area contributed by atoms with Crippen molar-refractivity contribution in [3.8, 4) is 0 Å². The number of non-ortho nitro benzene ring substituents is 1. The van der Waals surface area contributed by atoms with Gasteiger partial charge in [-0.2, -0.15) is 0 Å². The molecule has 0 radical (unpaired) electrons. The van der Waals surface area contributed by atoms with E-state index in [1.165, 1.54) is 17.8 Å². The summed E-state index contributed by atoms with van der Waals surface area (Å²) in [6, 6.07) is 6.74. The third-order valence-electron chi connectivity index (χ3n) is 2.90. The van der Waals surface area contributed by atoms with Gasteiger partial charge in [0.15, 0.2) is 0 Å². The Bertz CT molecular complexity index is 616. The Kier molecular flexibility index (Phi) is 4.01. The van der Waals surface area contributed by atoms with Crippen molar-refractivity contribution in [1.29, 1.82) is 0 Å². The van der Waals surface area contributed by atoms with E-state index in [2.05, 4.69) is 4.98 Å². The maximum atomic E-state index is 11.0. The molecule has 0 amide bonds. The highest BCUT2D eigenvalue weighted by Gasteiger charge is 2.18. The van der Waals surface area contributed by atoms with Crippen molar-refractivity contribution < 1.29 is 10.0 Å². The van der Waals surface area contributed by atoms with Crippen LogP contribution in [-0.2, 0) is 0 Å². The Morgan fingerprint density at radius 1 is 1.37 bits per heavy atom. The van der Waals surface area contributed by atoms with Gasteiger partial charge >= 0.3 is 0 Å². The summed E-state index contributed by atoms with van der Waals surface area (Å²) < 4.78 is 0. The van der Waals surface area contributed by atoms with Crippen LogP contribution in [0.5, 0.6) is 0 Å². The average Bonchev–Trinajstić information content (AvgIpc) is 2.38. The van der Waals surface area contributed by atoms with Gasteiger partial charge in [-0.25, -0.2) is 4.98 Å². The van der Waals surface area contributed by atoms with Crippen LogP contribution in [0.2, 0.25) is 0 Å². The van der Waals surface area contributed by atoms with Gasteiger partial charge in [-0.3, -0.25) is 10.1 Å². The number of aliphatic hydroxyl groups is 1. The van der Waals surface area contributed by atoms with Gasteiger partial charge in [0.2, 0.25) is 0 Å². The highest BCUT2D eigenvalue weighted by molar-refractivity contribution is 8.00. The number of thioether (sulfide) groups is 1. The molecule has 5 nitrogen and oxygen atoms in total. The summed E-state index contributed by atoms with van der Waals surface area (Å²) in [6.07, 6.45) is 1.09. The summed E-state index contributed by atoms with van der Waals surface area (Å²) in [7, 11) is 0. The second kappa shape index (κ2) is 5.54. The molecule has 1 heterocycles. The molecule has 100 valence electrons. The third kappa shape index (κ3) is 2.85. The molecule has 0 aliphatic carbocycles. The van der Waals surface area contributed by atoms with Gasteiger partial charge in [0, 0.05) is 27.8 Å². The summed E-state index contributed by atoms with van der Waals surface area (Å²) in [5.41, 5.74) is 0.389. The number of hydrogen-bond donors (Lipinski definition) is 1. The Morgan fingerprint density at radius 3 is 2.74 bits per heavy atom. The molecule has 2 aromatic rings. The van der Waals surface area contributed by atoms with Crippen LogP contribution in [0.25, 0.3) is 10.9 Å². The lowest BCUT2D eigenvalue weighted by molar-refractivity contribution is -0.383.